The molecule has 3 unspecified atom stereocenters. The van der Waals surface area contributed by atoms with Crippen LogP contribution in [-0.4, -0.2) is 49.3 Å². The third-order valence-corrected chi connectivity index (χ3v) is 3.87. The fourth-order valence-electron chi connectivity index (χ4n) is 2.86. The zero-order valence-electron chi connectivity index (χ0n) is 10.7. The van der Waals surface area contributed by atoms with Crippen LogP contribution in [0.4, 0.5) is 0 Å². The topological polar surface area (TPSA) is 24.5 Å². The third kappa shape index (κ3) is 3.44. The minimum atomic E-state index is 0.480. The van der Waals surface area contributed by atoms with Crippen LogP contribution in [0.25, 0.3) is 0 Å². The summed E-state index contributed by atoms with van der Waals surface area (Å²) in [6, 6.07) is 0.721. The number of rotatable bonds is 5. The van der Waals surface area contributed by atoms with E-state index in [-0.39, 0.29) is 0 Å². The van der Waals surface area contributed by atoms with Crippen molar-refractivity contribution in [2.45, 2.75) is 57.8 Å². The molecule has 3 nitrogen and oxygen atoms in total. The Kier molecular flexibility index (Phi) is 4.62. The Morgan fingerprint density at radius 2 is 2.12 bits per heavy atom. The van der Waals surface area contributed by atoms with Gasteiger partial charge in [-0.15, -0.1) is 0 Å². The van der Waals surface area contributed by atoms with Gasteiger partial charge in [0.15, 0.2) is 0 Å². The minimum absolute atomic E-state index is 0.480. The zero-order chi connectivity index (χ0) is 11.4. The first-order valence-corrected chi connectivity index (χ1v) is 6.89. The Morgan fingerprint density at radius 3 is 2.69 bits per heavy atom. The highest BCUT2D eigenvalue weighted by Crippen LogP contribution is 2.20. The van der Waals surface area contributed by atoms with E-state index in [0.29, 0.717) is 12.2 Å². The van der Waals surface area contributed by atoms with Crippen molar-refractivity contribution in [1.29, 1.82) is 0 Å². The van der Waals surface area contributed by atoms with E-state index in [9.17, 15) is 0 Å². The van der Waals surface area contributed by atoms with Gasteiger partial charge < -0.3 is 10.1 Å². The van der Waals surface area contributed by atoms with Gasteiger partial charge in [-0.1, -0.05) is 6.92 Å². The van der Waals surface area contributed by atoms with Gasteiger partial charge in [-0.25, -0.2) is 0 Å². The number of nitrogens with zero attached hydrogens (tertiary/aromatic N) is 1. The first-order chi connectivity index (χ1) is 7.78. The Balaban J connectivity index is 1.72. The molecule has 2 aliphatic rings. The number of likely N-dealkylation sites (N-methyl/N-ethyl adjacent to an activating group) is 1. The summed E-state index contributed by atoms with van der Waals surface area (Å²) in [7, 11) is 0. The molecule has 0 aromatic carbocycles. The summed E-state index contributed by atoms with van der Waals surface area (Å²) in [5.74, 6) is 0. The zero-order valence-corrected chi connectivity index (χ0v) is 10.7. The molecule has 16 heavy (non-hydrogen) atoms. The molecule has 2 fully saturated rings. The molecule has 0 amide bonds. The van der Waals surface area contributed by atoms with Crippen LogP contribution in [0, 0.1) is 0 Å². The molecule has 94 valence electrons. The first kappa shape index (κ1) is 12.3. The molecule has 0 spiro atoms. The maximum atomic E-state index is 5.90. The molecule has 2 rings (SSSR count). The van der Waals surface area contributed by atoms with Crippen molar-refractivity contribution >= 4 is 0 Å². The van der Waals surface area contributed by atoms with Crippen LogP contribution in [0.5, 0.6) is 0 Å². The summed E-state index contributed by atoms with van der Waals surface area (Å²) in [4.78, 5) is 2.55. The van der Waals surface area contributed by atoms with E-state index in [0.717, 1.165) is 19.1 Å². The van der Waals surface area contributed by atoms with Crippen molar-refractivity contribution in [3.05, 3.63) is 0 Å². The van der Waals surface area contributed by atoms with Crippen molar-refractivity contribution in [2.24, 2.45) is 0 Å². The molecule has 0 aromatic heterocycles. The lowest BCUT2D eigenvalue weighted by molar-refractivity contribution is 0.0310. The van der Waals surface area contributed by atoms with Crippen LogP contribution < -0.4 is 5.32 Å². The van der Waals surface area contributed by atoms with Crippen LogP contribution >= 0.6 is 0 Å². The average Bonchev–Trinajstić information content (AvgIpc) is 2.89. The second-order valence-electron chi connectivity index (χ2n) is 5.29. The van der Waals surface area contributed by atoms with E-state index < -0.39 is 0 Å². The number of nitrogens with one attached hydrogen (secondary N) is 1. The molecule has 0 aromatic rings. The van der Waals surface area contributed by atoms with Gasteiger partial charge in [0.1, 0.15) is 0 Å². The van der Waals surface area contributed by atoms with Gasteiger partial charge in [-0.3, -0.25) is 4.90 Å². The molecule has 0 bridgehead atoms. The molecule has 0 radical (unpaired) electrons. The van der Waals surface area contributed by atoms with Crippen LogP contribution in [0.15, 0.2) is 0 Å². The van der Waals surface area contributed by atoms with Gasteiger partial charge in [0, 0.05) is 19.1 Å². The summed E-state index contributed by atoms with van der Waals surface area (Å²) in [6.07, 6.45) is 6.14. The Bertz CT molecular complexity index is 204. The summed E-state index contributed by atoms with van der Waals surface area (Å²) in [5.41, 5.74) is 0. The van der Waals surface area contributed by atoms with Crippen LogP contribution in [0.2, 0.25) is 0 Å². The van der Waals surface area contributed by atoms with Crippen LogP contribution in [0.3, 0.4) is 0 Å². The Morgan fingerprint density at radius 1 is 1.25 bits per heavy atom. The molecule has 2 saturated heterocycles. The molecule has 1 N–H and O–H groups in total. The average molecular weight is 226 g/mol. The van der Waals surface area contributed by atoms with E-state index in [4.69, 9.17) is 4.74 Å². The molecule has 2 aliphatic heterocycles. The van der Waals surface area contributed by atoms with Crippen molar-refractivity contribution < 1.29 is 4.74 Å². The molecular formula is C13H26N2O. The number of hydrogen-bond donors (Lipinski definition) is 1. The van der Waals surface area contributed by atoms with Crippen molar-refractivity contribution in [3.8, 4) is 0 Å². The van der Waals surface area contributed by atoms with E-state index >= 15 is 0 Å². The molecule has 0 saturated carbocycles. The largest absolute Gasteiger partial charge is 0.374 e. The monoisotopic (exact) mass is 226 g/mol. The maximum absolute atomic E-state index is 5.90. The minimum Gasteiger partial charge on any atom is -0.374 e. The molecule has 3 atom stereocenters. The lowest BCUT2D eigenvalue weighted by Crippen LogP contribution is -2.41. The van der Waals surface area contributed by atoms with Crippen LogP contribution in [-0.2, 0) is 4.74 Å². The SMILES string of the molecule is CCN(CC1CCCN1)CC1CCC(C)O1. The summed E-state index contributed by atoms with van der Waals surface area (Å²) >= 11 is 0. The van der Waals surface area contributed by atoms with E-state index in [1.54, 1.807) is 0 Å². The molecule has 0 aliphatic carbocycles. The summed E-state index contributed by atoms with van der Waals surface area (Å²) in [5, 5.41) is 3.57. The van der Waals surface area contributed by atoms with E-state index in [1.165, 1.54) is 38.8 Å². The van der Waals surface area contributed by atoms with Crippen molar-refractivity contribution in [2.75, 3.05) is 26.2 Å². The van der Waals surface area contributed by atoms with Crippen molar-refractivity contribution in [1.82, 2.24) is 10.2 Å². The number of ether oxygens (including phenoxy) is 1. The normalized spacial score (nSPS) is 35.1. The maximum Gasteiger partial charge on any atom is 0.0706 e. The predicted molar refractivity (Wildman–Crippen MR) is 66.7 cm³/mol. The lowest BCUT2D eigenvalue weighted by Gasteiger charge is -2.26. The Hall–Kier alpha value is -0.120. The van der Waals surface area contributed by atoms with Crippen LogP contribution in [0.1, 0.15) is 39.5 Å². The standard InChI is InChI=1S/C13H26N2O/c1-3-15(9-12-5-4-8-14-12)10-13-7-6-11(2)16-13/h11-14H,3-10H2,1-2H3. The van der Waals surface area contributed by atoms with Gasteiger partial charge in [-0.2, -0.15) is 0 Å². The smallest absolute Gasteiger partial charge is 0.0706 e. The lowest BCUT2D eigenvalue weighted by atomic mass is 10.1. The van der Waals surface area contributed by atoms with Gasteiger partial charge in [0.2, 0.25) is 0 Å². The van der Waals surface area contributed by atoms with Gasteiger partial charge in [0.25, 0.3) is 0 Å². The fraction of sp³-hybridized carbons (Fsp3) is 1.00. The van der Waals surface area contributed by atoms with Gasteiger partial charge >= 0.3 is 0 Å². The second-order valence-corrected chi connectivity index (χ2v) is 5.29. The highest BCUT2D eigenvalue weighted by Gasteiger charge is 2.25. The molecular weight excluding hydrogens is 200 g/mol. The highest BCUT2D eigenvalue weighted by atomic mass is 16.5. The third-order valence-electron chi connectivity index (χ3n) is 3.87. The first-order valence-electron chi connectivity index (χ1n) is 6.89. The van der Waals surface area contributed by atoms with E-state index in [1.807, 2.05) is 0 Å². The fourth-order valence-corrected chi connectivity index (χ4v) is 2.86. The molecule has 2 heterocycles. The van der Waals surface area contributed by atoms with Gasteiger partial charge in [0.05, 0.1) is 12.2 Å². The second kappa shape index (κ2) is 5.99. The predicted octanol–water partition coefficient (Wildman–Crippen LogP) is 1.63. The molecule has 3 heteroatoms. The van der Waals surface area contributed by atoms with Gasteiger partial charge in [-0.05, 0) is 45.7 Å². The summed E-state index contributed by atoms with van der Waals surface area (Å²) in [6.45, 7) is 9.12. The Labute approximate surface area is 99.5 Å². The highest BCUT2D eigenvalue weighted by molar-refractivity contribution is 4.80. The number of hydrogen-bond acceptors (Lipinski definition) is 3. The summed E-state index contributed by atoms with van der Waals surface area (Å²) < 4.78 is 5.90. The quantitative estimate of drug-likeness (QED) is 0.771. The van der Waals surface area contributed by atoms with Crippen molar-refractivity contribution in [3.63, 3.8) is 0 Å². The van der Waals surface area contributed by atoms with E-state index in [2.05, 4.69) is 24.1 Å².